The van der Waals surface area contributed by atoms with Crippen LogP contribution >= 0.6 is 0 Å². The Hall–Kier alpha value is -1.12. The van der Waals surface area contributed by atoms with Crippen LogP contribution < -0.4 is 0 Å². The molecule has 0 aromatic heterocycles. The maximum Gasteiger partial charge on any atom is 0.0471 e. The molecular formula is C18H25NO. The SMILES string of the molecule is OCCc1ccc(C=C2CCN(C3CCC3)CC2)cc1. The van der Waals surface area contributed by atoms with Crippen molar-refractivity contribution in [2.45, 2.75) is 44.6 Å². The van der Waals surface area contributed by atoms with Gasteiger partial charge in [-0.2, -0.15) is 0 Å². The second-order valence-electron chi connectivity index (χ2n) is 6.14. The van der Waals surface area contributed by atoms with Crippen molar-refractivity contribution in [2.75, 3.05) is 19.7 Å². The van der Waals surface area contributed by atoms with Gasteiger partial charge in [0.15, 0.2) is 0 Å². The van der Waals surface area contributed by atoms with Crippen LogP contribution in [0.5, 0.6) is 0 Å². The molecular weight excluding hydrogens is 246 g/mol. The van der Waals surface area contributed by atoms with Gasteiger partial charge in [0.1, 0.15) is 0 Å². The first kappa shape index (κ1) is 13.8. The number of nitrogens with zero attached hydrogens (tertiary/aromatic N) is 1. The predicted molar refractivity (Wildman–Crippen MR) is 83.7 cm³/mol. The molecule has 1 aliphatic heterocycles. The van der Waals surface area contributed by atoms with E-state index < -0.39 is 0 Å². The molecule has 0 spiro atoms. The van der Waals surface area contributed by atoms with Crippen LogP contribution in [0.1, 0.15) is 43.2 Å². The predicted octanol–water partition coefficient (Wildman–Crippen LogP) is 3.25. The second kappa shape index (κ2) is 6.55. The topological polar surface area (TPSA) is 23.5 Å². The fourth-order valence-electron chi connectivity index (χ4n) is 3.22. The van der Waals surface area contributed by atoms with Crippen molar-refractivity contribution in [2.24, 2.45) is 0 Å². The van der Waals surface area contributed by atoms with Crippen LogP contribution in [-0.4, -0.2) is 35.7 Å². The number of likely N-dealkylation sites (tertiary alicyclic amines) is 1. The summed E-state index contributed by atoms with van der Waals surface area (Å²) in [5.74, 6) is 0. The molecule has 0 unspecified atom stereocenters. The molecule has 2 heteroatoms. The van der Waals surface area contributed by atoms with Crippen LogP contribution in [0, 0.1) is 0 Å². The minimum absolute atomic E-state index is 0.234. The lowest BCUT2D eigenvalue weighted by Gasteiger charge is -2.40. The number of aliphatic hydroxyl groups excluding tert-OH is 1. The fraction of sp³-hybridized carbons (Fsp3) is 0.556. The van der Waals surface area contributed by atoms with E-state index in [1.54, 1.807) is 5.57 Å². The Kier molecular flexibility index (Phi) is 4.54. The van der Waals surface area contributed by atoms with E-state index in [1.165, 1.54) is 56.3 Å². The average Bonchev–Trinajstić information content (AvgIpc) is 2.42. The molecule has 0 atom stereocenters. The van der Waals surface area contributed by atoms with Gasteiger partial charge in [-0.25, -0.2) is 0 Å². The summed E-state index contributed by atoms with van der Waals surface area (Å²) in [7, 11) is 0. The third-order valence-electron chi connectivity index (χ3n) is 4.78. The van der Waals surface area contributed by atoms with Crippen molar-refractivity contribution in [3.8, 4) is 0 Å². The van der Waals surface area contributed by atoms with Crippen molar-refractivity contribution >= 4 is 6.08 Å². The lowest BCUT2D eigenvalue weighted by atomic mass is 9.89. The Morgan fingerprint density at radius 3 is 2.35 bits per heavy atom. The number of hydrogen-bond acceptors (Lipinski definition) is 2. The van der Waals surface area contributed by atoms with Crippen molar-refractivity contribution in [3.05, 3.63) is 41.0 Å². The van der Waals surface area contributed by atoms with E-state index in [0.717, 1.165) is 12.5 Å². The van der Waals surface area contributed by atoms with Crippen molar-refractivity contribution in [1.29, 1.82) is 0 Å². The molecule has 108 valence electrons. The van der Waals surface area contributed by atoms with Crippen LogP contribution in [0.2, 0.25) is 0 Å². The van der Waals surface area contributed by atoms with Gasteiger partial charge in [0, 0.05) is 25.7 Å². The summed E-state index contributed by atoms with van der Waals surface area (Å²) >= 11 is 0. The fourth-order valence-corrected chi connectivity index (χ4v) is 3.22. The third-order valence-corrected chi connectivity index (χ3v) is 4.78. The zero-order chi connectivity index (χ0) is 13.8. The minimum Gasteiger partial charge on any atom is -0.396 e. The summed E-state index contributed by atoms with van der Waals surface area (Å²) in [6, 6.07) is 9.51. The van der Waals surface area contributed by atoms with Crippen LogP contribution in [0.25, 0.3) is 6.08 Å². The Morgan fingerprint density at radius 1 is 1.10 bits per heavy atom. The molecule has 1 aromatic rings. The molecule has 2 fully saturated rings. The Balaban J connectivity index is 1.56. The highest BCUT2D eigenvalue weighted by atomic mass is 16.2. The first-order valence-electron chi connectivity index (χ1n) is 7.98. The van der Waals surface area contributed by atoms with E-state index >= 15 is 0 Å². The quantitative estimate of drug-likeness (QED) is 0.908. The highest BCUT2D eigenvalue weighted by molar-refractivity contribution is 5.53. The van der Waals surface area contributed by atoms with Gasteiger partial charge in [-0.1, -0.05) is 42.3 Å². The van der Waals surface area contributed by atoms with Crippen molar-refractivity contribution in [1.82, 2.24) is 4.90 Å². The molecule has 2 aliphatic rings. The Morgan fingerprint density at radius 2 is 1.80 bits per heavy atom. The molecule has 1 saturated carbocycles. The number of hydrogen-bond donors (Lipinski definition) is 1. The number of benzene rings is 1. The van der Waals surface area contributed by atoms with E-state index in [0.29, 0.717) is 0 Å². The van der Waals surface area contributed by atoms with Crippen LogP contribution in [0.3, 0.4) is 0 Å². The van der Waals surface area contributed by atoms with Gasteiger partial charge in [0.05, 0.1) is 0 Å². The Bertz CT molecular complexity index is 449. The van der Waals surface area contributed by atoms with Crippen molar-refractivity contribution in [3.63, 3.8) is 0 Å². The van der Waals surface area contributed by atoms with Crippen LogP contribution in [0.4, 0.5) is 0 Å². The summed E-state index contributed by atoms with van der Waals surface area (Å²) in [6.07, 6.45) is 9.86. The normalized spacial score (nSPS) is 20.8. The van der Waals surface area contributed by atoms with E-state index in [2.05, 4.69) is 35.2 Å². The summed E-state index contributed by atoms with van der Waals surface area (Å²) in [5, 5.41) is 8.93. The number of aliphatic hydroxyl groups is 1. The lowest BCUT2D eigenvalue weighted by Crippen LogP contribution is -2.43. The molecule has 1 aromatic carbocycles. The monoisotopic (exact) mass is 271 g/mol. The molecule has 1 saturated heterocycles. The van der Waals surface area contributed by atoms with Gasteiger partial charge in [-0.15, -0.1) is 0 Å². The molecule has 0 radical (unpaired) electrons. The zero-order valence-electron chi connectivity index (χ0n) is 12.2. The first-order valence-corrected chi connectivity index (χ1v) is 7.98. The van der Waals surface area contributed by atoms with Crippen LogP contribution in [0.15, 0.2) is 29.8 Å². The van der Waals surface area contributed by atoms with Gasteiger partial charge in [0.25, 0.3) is 0 Å². The summed E-state index contributed by atoms with van der Waals surface area (Å²) < 4.78 is 0. The molecule has 3 rings (SSSR count). The van der Waals surface area contributed by atoms with Gasteiger partial charge in [0.2, 0.25) is 0 Å². The first-order chi connectivity index (χ1) is 9.85. The Labute approximate surface area is 122 Å². The molecule has 1 heterocycles. The smallest absolute Gasteiger partial charge is 0.0471 e. The minimum atomic E-state index is 0.234. The summed E-state index contributed by atoms with van der Waals surface area (Å²) in [6.45, 7) is 2.73. The molecule has 0 bridgehead atoms. The van der Waals surface area contributed by atoms with Crippen molar-refractivity contribution < 1.29 is 5.11 Å². The molecule has 0 amide bonds. The van der Waals surface area contributed by atoms with E-state index in [4.69, 9.17) is 5.11 Å². The van der Waals surface area contributed by atoms with Crippen LogP contribution in [-0.2, 0) is 6.42 Å². The van der Waals surface area contributed by atoms with Gasteiger partial charge < -0.3 is 5.11 Å². The van der Waals surface area contributed by atoms with E-state index in [-0.39, 0.29) is 6.61 Å². The lowest BCUT2D eigenvalue weighted by molar-refractivity contribution is 0.118. The molecule has 20 heavy (non-hydrogen) atoms. The van der Waals surface area contributed by atoms with E-state index in [1.807, 2.05) is 0 Å². The second-order valence-corrected chi connectivity index (χ2v) is 6.14. The highest BCUT2D eigenvalue weighted by Crippen LogP contribution is 2.29. The highest BCUT2D eigenvalue weighted by Gasteiger charge is 2.26. The maximum atomic E-state index is 8.93. The summed E-state index contributed by atoms with van der Waals surface area (Å²) in [5.41, 5.74) is 4.11. The third kappa shape index (κ3) is 3.31. The van der Waals surface area contributed by atoms with E-state index in [9.17, 15) is 0 Å². The number of piperidine rings is 1. The molecule has 1 aliphatic carbocycles. The average molecular weight is 271 g/mol. The molecule has 2 nitrogen and oxygen atoms in total. The van der Waals surface area contributed by atoms with Gasteiger partial charge >= 0.3 is 0 Å². The number of rotatable bonds is 4. The maximum absolute atomic E-state index is 8.93. The van der Waals surface area contributed by atoms with Gasteiger partial charge in [-0.3, -0.25) is 4.90 Å². The summed E-state index contributed by atoms with van der Waals surface area (Å²) in [4.78, 5) is 2.69. The largest absolute Gasteiger partial charge is 0.396 e. The zero-order valence-corrected chi connectivity index (χ0v) is 12.2. The molecule has 1 N–H and O–H groups in total. The van der Waals surface area contributed by atoms with Gasteiger partial charge in [-0.05, 0) is 43.2 Å². The standard InChI is InChI=1S/C18H25NO/c20-13-10-15-4-6-16(7-5-15)14-17-8-11-19(12-9-17)18-2-1-3-18/h4-7,14,18,20H,1-3,8-13H2.